The van der Waals surface area contributed by atoms with Crippen molar-refractivity contribution in [3.63, 3.8) is 0 Å². The molecule has 2 saturated heterocycles. The maximum atomic E-state index is 12.1. The normalized spacial score (nSPS) is 24.4. The number of carbonyl (C=O) groups is 2. The van der Waals surface area contributed by atoms with Crippen LogP contribution in [-0.2, 0) is 14.3 Å². The Morgan fingerprint density at radius 2 is 1.83 bits per heavy atom. The molecular formula is C13H22N2O3. The molecule has 2 fully saturated rings. The van der Waals surface area contributed by atoms with Gasteiger partial charge in [0, 0.05) is 39.2 Å². The molecule has 2 amide bonds. The van der Waals surface area contributed by atoms with E-state index in [-0.39, 0.29) is 17.9 Å². The Morgan fingerprint density at radius 3 is 2.39 bits per heavy atom. The van der Waals surface area contributed by atoms with E-state index >= 15 is 0 Å². The SMILES string of the molecule is CCCC(=O)N1CCN(C(=O)C2CCCO2)CC1. The molecule has 0 aromatic heterocycles. The summed E-state index contributed by atoms with van der Waals surface area (Å²) >= 11 is 0. The Kier molecular flexibility index (Phi) is 4.58. The fourth-order valence-corrected chi connectivity index (χ4v) is 2.52. The number of rotatable bonds is 3. The quantitative estimate of drug-likeness (QED) is 0.742. The number of hydrogen-bond acceptors (Lipinski definition) is 3. The van der Waals surface area contributed by atoms with Crippen LogP contribution in [0.4, 0.5) is 0 Å². The lowest BCUT2D eigenvalue weighted by Gasteiger charge is -2.35. The monoisotopic (exact) mass is 254 g/mol. The first-order chi connectivity index (χ1) is 8.72. The van der Waals surface area contributed by atoms with Crippen LogP contribution < -0.4 is 0 Å². The molecule has 0 aromatic carbocycles. The molecular weight excluding hydrogens is 232 g/mol. The van der Waals surface area contributed by atoms with E-state index in [1.54, 1.807) is 0 Å². The minimum atomic E-state index is -0.233. The highest BCUT2D eigenvalue weighted by Gasteiger charge is 2.30. The third kappa shape index (κ3) is 3.02. The molecule has 2 aliphatic heterocycles. The number of nitrogens with zero attached hydrogens (tertiary/aromatic N) is 2. The first kappa shape index (κ1) is 13.3. The third-order valence-electron chi connectivity index (χ3n) is 3.61. The lowest BCUT2D eigenvalue weighted by molar-refractivity contribution is -0.146. The minimum absolute atomic E-state index is 0.107. The molecule has 0 radical (unpaired) electrons. The van der Waals surface area contributed by atoms with Crippen LogP contribution in [0.1, 0.15) is 32.6 Å². The highest BCUT2D eigenvalue weighted by molar-refractivity contribution is 5.82. The second-order valence-electron chi connectivity index (χ2n) is 4.96. The van der Waals surface area contributed by atoms with E-state index in [0.717, 1.165) is 19.3 Å². The first-order valence-corrected chi connectivity index (χ1v) is 6.90. The van der Waals surface area contributed by atoms with Crippen LogP contribution in [0.5, 0.6) is 0 Å². The highest BCUT2D eigenvalue weighted by Crippen LogP contribution is 2.16. The van der Waals surface area contributed by atoms with Gasteiger partial charge in [0.1, 0.15) is 6.10 Å². The van der Waals surface area contributed by atoms with Crippen molar-refractivity contribution in [2.75, 3.05) is 32.8 Å². The van der Waals surface area contributed by atoms with Crippen molar-refractivity contribution in [2.45, 2.75) is 38.7 Å². The van der Waals surface area contributed by atoms with Gasteiger partial charge in [-0.2, -0.15) is 0 Å². The molecule has 0 spiro atoms. The summed E-state index contributed by atoms with van der Waals surface area (Å²) in [5, 5.41) is 0. The van der Waals surface area contributed by atoms with Gasteiger partial charge in [0.15, 0.2) is 0 Å². The van der Waals surface area contributed by atoms with Crippen LogP contribution >= 0.6 is 0 Å². The van der Waals surface area contributed by atoms with Crippen molar-refractivity contribution < 1.29 is 14.3 Å². The average Bonchev–Trinajstić information content (AvgIpc) is 2.92. The second-order valence-corrected chi connectivity index (χ2v) is 4.96. The Hall–Kier alpha value is -1.10. The van der Waals surface area contributed by atoms with Gasteiger partial charge in [-0.3, -0.25) is 9.59 Å². The van der Waals surface area contributed by atoms with Crippen molar-refractivity contribution in [3.8, 4) is 0 Å². The molecule has 2 heterocycles. The zero-order valence-corrected chi connectivity index (χ0v) is 11.1. The van der Waals surface area contributed by atoms with Crippen LogP contribution in [0.2, 0.25) is 0 Å². The third-order valence-corrected chi connectivity index (χ3v) is 3.61. The fraction of sp³-hybridized carbons (Fsp3) is 0.846. The second kappa shape index (κ2) is 6.18. The van der Waals surface area contributed by atoms with E-state index in [1.165, 1.54) is 0 Å². The topological polar surface area (TPSA) is 49.9 Å². The molecule has 5 heteroatoms. The molecule has 18 heavy (non-hydrogen) atoms. The van der Waals surface area contributed by atoms with Gasteiger partial charge in [-0.05, 0) is 19.3 Å². The molecule has 2 aliphatic rings. The summed E-state index contributed by atoms with van der Waals surface area (Å²) in [5.74, 6) is 0.316. The molecule has 0 saturated carbocycles. The van der Waals surface area contributed by atoms with E-state index < -0.39 is 0 Å². The van der Waals surface area contributed by atoms with Crippen molar-refractivity contribution in [1.82, 2.24) is 9.80 Å². The smallest absolute Gasteiger partial charge is 0.251 e. The summed E-state index contributed by atoms with van der Waals surface area (Å²) in [5.41, 5.74) is 0. The van der Waals surface area contributed by atoms with Gasteiger partial charge in [0.05, 0.1) is 0 Å². The molecule has 2 rings (SSSR count). The molecule has 102 valence electrons. The van der Waals surface area contributed by atoms with Crippen molar-refractivity contribution in [1.29, 1.82) is 0 Å². The number of carbonyl (C=O) groups excluding carboxylic acids is 2. The van der Waals surface area contributed by atoms with Crippen molar-refractivity contribution in [3.05, 3.63) is 0 Å². The van der Waals surface area contributed by atoms with E-state index in [0.29, 0.717) is 39.2 Å². The number of piperazine rings is 1. The summed E-state index contributed by atoms with van der Waals surface area (Å²) in [6, 6.07) is 0. The molecule has 5 nitrogen and oxygen atoms in total. The molecule has 1 atom stereocenters. The van der Waals surface area contributed by atoms with Crippen LogP contribution in [0.3, 0.4) is 0 Å². The predicted octanol–water partition coefficient (Wildman–Crippen LogP) is 0.636. The van der Waals surface area contributed by atoms with E-state index in [4.69, 9.17) is 4.74 Å². The molecule has 0 aliphatic carbocycles. The van der Waals surface area contributed by atoms with Gasteiger partial charge in [0.2, 0.25) is 5.91 Å². The Morgan fingerprint density at radius 1 is 1.17 bits per heavy atom. The summed E-state index contributed by atoms with van der Waals surface area (Å²) in [6.45, 7) is 5.33. The van der Waals surface area contributed by atoms with Crippen LogP contribution in [0, 0.1) is 0 Å². The standard InChI is InChI=1S/C13H22N2O3/c1-2-4-12(16)14-6-8-15(9-7-14)13(17)11-5-3-10-18-11/h11H,2-10H2,1H3. The molecule has 0 bridgehead atoms. The predicted molar refractivity (Wildman–Crippen MR) is 67.0 cm³/mol. The summed E-state index contributed by atoms with van der Waals surface area (Å²) in [4.78, 5) is 27.5. The minimum Gasteiger partial charge on any atom is -0.368 e. The lowest BCUT2D eigenvalue weighted by atomic mass is 10.2. The van der Waals surface area contributed by atoms with Crippen LogP contribution in [0.15, 0.2) is 0 Å². The highest BCUT2D eigenvalue weighted by atomic mass is 16.5. The van der Waals surface area contributed by atoms with E-state index in [2.05, 4.69) is 0 Å². The van der Waals surface area contributed by atoms with Gasteiger partial charge in [-0.25, -0.2) is 0 Å². The first-order valence-electron chi connectivity index (χ1n) is 6.90. The van der Waals surface area contributed by atoms with Crippen LogP contribution in [0.25, 0.3) is 0 Å². The zero-order valence-electron chi connectivity index (χ0n) is 11.1. The summed E-state index contributed by atoms with van der Waals surface area (Å²) in [6.07, 6.45) is 3.08. The van der Waals surface area contributed by atoms with Crippen molar-refractivity contribution in [2.24, 2.45) is 0 Å². The maximum Gasteiger partial charge on any atom is 0.251 e. The van der Waals surface area contributed by atoms with E-state index in [9.17, 15) is 9.59 Å². The Bertz CT molecular complexity index is 305. The van der Waals surface area contributed by atoms with Gasteiger partial charge in [0.25, 0.3) is 5.91 Å². The molecule has 0 aromatic rings. The van der Waals surface area contributed by atoms with Gasteiger partial charge in [-0.15, -0.1) is 0 Å². The molecule has 1 unspecified atom stereocenters. The Labute approximate surface area is 108 Å². The Balaban J connectivity index is 1.79. The van der Waals surface area contributed by atoms with Crippen molar-refractivity contribution >= 4 is 11.8 Å². The lowest BCUT2D eigenvalue weighted by Crippen LogP contribution is -2.52. The largest absolute Gasteiger partial charge is 0.368 e. The van der Waals surface area contributed by atoms with Crippen LogP contribution in [-0.4, -0.2) is 60.5 Å². The maximum absolute atomic E-state index is 12.1. The zero-order chi connectivity index (χ0) is 13.0. The number of hydrogen-bond donors (Lipinski definition) is 0. The number of amides is 2. The van der Waals surface area contributed by atoms with E-state index in [1.807, 2.05) is 16.7 Å². The molecule has 0 N–H and O–H groups in total. The fourth-order valence-electron chi connectivity index (χ4n) is 2.52. The van der Waals surface area contributed by atoms with Gasteiger partial charge in [-0.1, -0.05) is 6.92 Å². The summed E-state index contributed by atoms with van der Waals surface area (Å²) < 4.78 is 5.41. The van der Waals surface area contributed by atoms with Gasteiger partial charge >= 0.3 is 0 Å². The van der Waals surface area contributed by atoms with Gasteiger partial charge < -0.3 is 14.5 Å². The number of ether oxygens (including phenoxy) is 1. The average molecular weight is 254 g/mol. The summed E-state index contributed by atoms with van der Waals surface area (Å²) in [7, 11) is 0.